The van der Waals surface area contributed by atoms with Gasteiger partial charge in [-0.05, 0) is 61.4 Å². The van der Waals surface area contributed by atoms with Crippen molar-refractivity contribution in [3.05, 3.63) is 102 Å². The lowest BCUT2D eigenvalue weighted by Crippen LogP contribution is -1.85. The number of fused-ring (bicyclic) bond motifs is 1. The molecule has 2 heterocycles. The van der Waals surface area contributed by atoms with Gasteiger partial charge in [-0.1, -0.05) is 65.7 Å². The Balaban J connectivity index is 1.55. The lowest BCUT2D eigenvalue weighted by atomic mass is 10.0. The van der Waals surface area contributed by atoms with Gasteiger partial charge in [0.15, 0.2) is 0 Å². The smallest absolute Gasteiger partial charge is 0.227 e. The van der Waals surface area contributed by atoms with Crippen LogP contribution in [0.2, 0.25) is 0 Å². The number of furan rings is 1. The fourth-order valence-corrected chi connectivity index (χ4v) is 3.83. The first-order chi connectivity index (χ1) is 14.2. The second kappa shape index (κ2) is 7.06. The quantitative estimate of drug-likeness (QED) is 0.327. The molecule has 0 saturated heterocycles. The largest absolute Gasteiger partial charge is 0.438 e. The maximum atomic E-state index is 6.13. The monoisotopic (exact) mass is 375 g/mol. The minimum atomic E-state index is 0.668. The van der Waals surface area contributed by atoms with Crippen LogP contribution in [0.4, 0.5) is 0 Å². The summed E-state index contributed by atoms with van der Waals surface area (Å²) >= 11 is 0. The van der Waals surface area contributed by atoms with Gasteiger partial charge in [0.25, 0.3) is 0 Å². The summed E-state index contributed by atoms with van der Waals surface area (Å²) in [6.07, 6.45) is 0. The van der Waals surface area contributed by atoms with Gasteiger partial charge in [-0.25, -0.2) is 4.98 Å². The summed E-state index contributed by atoms with van der Waals surface area (Å²) < 4.78 is 6.13. The second-order valence-corrected chi connectivity index (χ2v) is 7.52. The zero-order valence-electron chi connectivity index (χ0n) is 16.5. The Morgan fingerprint density at radius 1 is 0.586 bits per heavy atom. The van der Waals surface area contributed by atoms with E-state index in [0.29, 0.717) is 5.71 Å². The van der Waals surface area contributed by atoms with Crippen LogP contribution in [-0.4, -0.2) is 4.98 Å². The van der Waals surface area contributed by atoms with Crippen LogP contribution in [0.25, 0.3) is 44.8 Å². The fourth-order valence-electron chi connectivity index (χ4n) is 3.83. The van der Waals surface area contributed by atoms with Crippen LogP contribution in [0, 0.1) is 13.8 Å². The van der Waals surface area contributed by atoms with Crippen molar-refractivity contribution in [1.82, 2.24) is 4.98 Å². The Morgan fingerprint density at radius 3 is 2.10 bits per heavy atom. The molecular weight excluding hydrogens is 354 g/mol. The lowest BCUT2D eigenvalue weighted by molar-refractivity contribution is 0.619. The molecule has 0 spiro atoms. The minimum Gasteiger partial charge on any atom is -0.438 e. The summed E-state index contributed by atoms with van der Waals surface area (Å²) in [6.45, 7) is 4.21. The molecule has 0 atom stereocenters. The van der Waals surface area contributed by atoms with Gasteiger partial charge in [0.05, 0.1) is 5.69 Å². The van der Waals surface area contributed by atoms with Crippen LogP contribution in [-0.2, 0) is 0 Å². The zero-order chi connectivity index (χ0) is 19.8. The van der Waals surface area contributed by atoms with E-state index in [4.69, 9.17) is 9.40 Å². The van der Waals surface area contributed by atoms with Crippen LogP contribution in [0.1, 0.15) is 11.1 Å². The highest BCUT2D eigenvalue weighted by Crippen LogP contribution is 2.31. The number of pyridine rings is 1. The van der Waals surface area contributed by atoms with Crippen molar-refractivity contribution < 1.29 is 4.42 Å². The Labute approximate surface area is 170 Å². The minimum absolute atomic E-state index is 0.668. The summed E-state index contributed by atoms with van der Waals surface area (Å²) in [5.41, 5.74) is 8.59. The highest BCUT2D eigenvalue weighted by molar-refractivity contribution is 5.83. The molecule has 0 N–H and O–H groups in total. The molecule has 0 aliphatic carbocycles. The molecule has 5 aromatic rings. The third kappa shape index (κ3) is 3.45. The average Bonchev–Trinajstić information content (AvgIpc) is 3.17. The second-order valence-electron chi connectivity index (χ2n) is 7.52. The summed E-state index contributed by atoms with van der Waals surface area (Å²) in [4.78, 5) is 4.80. The van der Waals surface area contributed by atoms with Crippen LogP contribution in [0.3, 0.4) is 0 Å². The maximum absolute atomic E-state index is 6.13. The predicted octanol–water partition coefficient (Wildman–Crippen LogP) is 7.45. The molecule has 140 valence electrons. The molecule has 0 bridgehead atoms. The molecule has 0 unspecified atom stereocenters. The van der Waals surface area contributed by atoms with Gasteiger partial charge in [0, 0.05) is 16.5 Å². The Bertz CT molecular complexity index is 1290. The molecule has 2 nitrogen and oxygen atoms in total. The molecule has 2 aromatic heterocycles. The van der Waals surface area contributed by atoms with Crippen LogP contribution in [0.5, 0.6) is 0 Å². The zero-order valence-corrected chi connectivity index (χ0v) is 16.5. The van der Waals surface area contributed by atoms with E-state index in [1.165, 1.54) is 22.3 Å². The third-order valence-electron chi connectivity index (χ3n) is 5.15. The van der Waals surface area contributed by atoms with Crippen molar-refractivity contribution in [2.24, 2.45) is 0 Å². The number of benzene rings is 3. The average molecular weight is 375 g/mol. The molecule has 0 fully saturated rings. The van der Waals surface area contributed by atoms with Gasteiger partial charge in [-0.15, -0.1) is 0 Å². The van der Waals surface area contributed by atoms with E-state index in [1.54, 1.807) is 0 Å². The SMILES string of the molecule is Cc1cc(C)cc(-c2cc3ccc(-c4cccc(-c5ccccc5)c4)nc3o2)c1. The summed E-state index contributed by atoms with van der Waals surface area (Å²) in [6, 6.07) is 31.6. The first-order valence-corrected chi connectivity index (χ1v) is 9.81. The standard InChI is InChI=1S/C27H21NO/c1-18-13-19(2)15-24(14-18)26-17-23-11-12-25(28-27(23)29-26)22-10-6-9-21(16-22)20-7-4-3-5-8-20/h3-17H,1-2H3. The molecule has 2 heteroatoms. The summed E-state index contributed by atoms with van der Waals surface area (Å²) in [7, 11) is 0. The topological polar surface area (TPSA) is 26.0 Å². The van der Waals surface area contributed by atoms with Crippen molar-refractivity contribution in [3.8, 4) is 33.7 Å². The number of hydrogen-bond acceptors (Lipinski definition) is 2. The highest BCUT2D eigenvalue weighted by Gasteiger charge is 2.10. The molecule has 29 heavy (non-hydrogen) atoms. The van der Waals surface area contributed by atoms with Gasteiger partial charge in [0.2, 0.25) is 5.71 Å². The van der Waals surface area contributed by atoms with Gasteiger partial charge >= 0.3 is 0 Å². The van der Waals surface area contributed by atoms with E-state index in [0.717, 1.165) is 28.0 Å². The van der Waals surface area contributed by atoms with Crippen molar-refractivity contribution in [2.75, 3.05) is 0 Å². The third-order valence-corrected chi connectivity index (χ3v) is 5.15. The number of hydrogen-bond donors (Lipinski definition) is 0. The van der Waals surface area contributed by atoms with Crippen LogP contribution < -0.4 is 0 Å². The summed E-state index contributed by atoms with van der Waals surface area (Å²) in [5, 5.41) is 1.02. The van der Waals surface area contributed by atoms with Gasteiger partial charge in [-0.2, -0.15) is 0 Å². The fraction of sp³-hybridized carbons (Fsp3) is 0.0741. The molecule has 3 aromatic carbocycles. The van der Waals surface area contributed by atoms with Crippen molar-refractivity contribution in [2.45, 2.75) is 13.8 Å². The van der Waals surface area contributed by atoms with Gasteiger partial charge in [0.1, 0.15) is 5.76 Å². The molecule has 0 radical (unpaired) electrons. The molecule has 0 amide bonds. The first kappa shape index (κ1) is 17.4. The van der Waals surface area contributed by atoms with E-state index in [2.05, 4.69) is 98.8 Å². The Morgan fingerprint density at radius 2 is 1.31 bits per heavy atom. The molecule has 0 saturated carbocycles. The Hall–Kier alpha value is -3.65. The van der Waals surface area contributed by atoms with E-state index in [-0.39, 0.29) is 0 Å². The summed E-state index contributed by atoms with van der Waals surface area (Å²) in [5.74, 6) is 0.856. The predicted molar refractivity (Wildman–Crippen MR) is 120 cm³/mol. The number of nitrogens with zero attached hydrogens (tertiary/aromatic N) is 1. The first-order valence-electron chi connectivity index (χ1n) is 9.81. The highest BCUT2D eigenvalue weighted by atomic mass is 16.3. The molecule has 0 aliphatic rings. The van der Waals surface area contributed by atoms with E-state index in [9.17, 15) is 0 Å². The van der Waals surface area contributed by atoms with Crippen molar-refractivity contribution >= 4 is 11.1 Å². The lowest BCUT2D eigenvalue weighted by Gasteiger charge is -2.05. The van der Waals surface area contributed by atoms with Crippen molar-refractivity contribution in [3.63, 3.8) is 0 Å². The normalized spacial score (nSPS) is 11.1. The molecular formula is C27H21NO. The van der Waals surface area contributed by atoms with E-state index in [1.807, 2.05) is 6.07 Å². The Kier molecular flexibility index (Phi) is 4.25. The van der Waals surface area contributed by atoms with Gasteiger partial charge in [-0.3, -0.25) is 0 Å². The number of aromatic nitrogens is 1. The maximum Gasteiger partial charge on any atom is 0.227 e. The van der Waals surface area contributed by atoms with Gasteiger partial charge < -0.3 is 4.42 Å². The van der Waals surface area contributed by atoms with Crippen LogP contribution in [0.15, 0.2) is 95.4 Å². The van der Waals surface area contributed by atoms with E-state index >= 15 is 0 Å². The van der Waals surface area contributed by atoms with Crippen molar-refractivity contribution in [1.29, 1.82) is 0 Å². The number of rotatable bonds is 3. The molecule has 0 aliphatic heterocycles. The van der Waals surface area contributed by atoms with Crippen LogP contribution >= 0.6 is 0 Å². The number of aryl methyl sites for hydroxylation is 2. The molecule has 5 rings (SSSR count). The van der Waals surface area contributed by atoms with E-state index < -0.39 is 0 Å².